The number of rotatable bonds is 6. The van der Waals surface area contributed by atoms with Gasteiger partial charge in [-0.3, -0.25) is 0 Å². The van der Waals surface area contributed by atoms with Gasteiger partial charge in [-0.2, -0.15) is 0 Å². The van der Waals surface area contributed by atoms with E-state index in [-0.39, 0.29) is 12.0 Å². The molecule has 1 aromatic rings. The molecule has 0 spiro atoms. The molecule has 1 aromatic carbocycles. The summed E-state index contributed by atoms with van der Waals surface area (Å²) in [5.74, 6) is 0. The zero-order valence-electron chi connectivity index (χ0n) is 11.1. The summed E-state index contributed by atoms with van der Waals surface area (Å²) in [6, 6.07) is 5.96. The van der Waals surface area contributed by atoms with Crippen molar-refractivity contribution in [3.05, 3.63) is 23.8 Å². The molecule has 96 valence electrons. The van der Waals surface area contributed by atoms with Crippen molar-refractivity contribution in [3.8, 4) is 0 Å². The van der Waals surface area contributed by atoms with Crippen molar-refractivity contribution >= 4 is 11.4 Å². The Morgan fingerprint density at radius 1 is 1.29 bits per heavy atom. The molecule has 0 aromatic heterocycles. The van der Waals surface area contributed by atoms with Gasteiger partial charge in [0, 0.05) is 12.0 Å². The molecule has 4 N–H and O–H groups in total. The number of hydrogen-bond acceptors (Lipinski definition) is 3. The lowest BCUT2D eigenvalue weighted by Crippen LogP contribution is -2.32. The van der Waals surface area contributed by atoms with E-state index in [2.05, 4.69) is 19.2 Å². The molecule has 1 rings (SSSR count). The molecule has 0 aliphatic rings. The molecule has 0 unspecified atom stereocenters. The third-order valence-electron chi connectivity index (χ3n) is 3.70. The van der Waals surface area contributed by atoms with Gasteiger partial charge in [0.25, 0.3) is 0 Å². The summed E-state index contributed by atoms with van der Waals surface area (Å²) in [6.07, 6.45) is 1.91. The second-order valence-corrected chi connectivity index (χ2v) is 4.81. The monoisotopic (exact) mass is 236 g/mol. The molecule has 0 bridgehead atoms. The minimum Gasteiger partial charge on any atom is -0.397 e. The first kappa shape index (κ1) is 13.8. The van der Waals surface area contributed by atoms with E-state index in [9.17, 15) is 5.11 Å². The Bertz CT molecular complexity index is 351. The van der Waals surface area contributed by atoms with Gasteiger partial charge in [0.2, 0.25) is 0 Å². The molecule has 0 atom stereocenters. The van der Waals surface area contributed by atoms with E-state index in [4.69, 9.17) is 5.73 Å². The number of nitrogen functional groups attached to an aromatic ring is 1. The Morgan fingerprint density at radius 2 is 1.94 bits per heavy atom. The van der Waals surface area contributed by atoms with Crippen molar-refractivity contribution in [2.24, 2.45) is 5.41 Å². The van der Waals surface area contributed by atoms with Crippen molar-refractivity contribution in [1.29, 1.82) is 0 Å². The van der Waals surface area contributed by atoms with Crippen molar-refractivity contribution in [2.45, 2.75) is 33.6 Å². The lowest BCUT2D eigenvalue weighted by Gasteiger charge is -2.30. The highest BCUT2D eigenvalue weighted by atomic mass is 16.3. The van der Waals surface area contributed by atoms with Crippen LogP contribution in [0.3, 0.4) is 0 Å². The number of aryl methyl sites for hydroxylation is 1. The van der Waals surface area contributed by atoms with Gasteiger partial charge in [0.1, 0.15) is 0 Å². The normalized spacial score (nSPS) is 11.5. The third kappa shape index (κ3) is 3.37. The van der Waals surface area contributed by atoms with Crippen LogP contribution in [-0.4, -0.2) is 18.3 Å². The van der Waals surface area contributed by atoms with Crippen molar-refractivity contribution in [1.82, 2.24) is 0 Å². The second-order valence-electron chi connectivity index (χ2n) is 4.81. The van der Waals surface area contributed by atoms with Crippen LogP contribution in [0.1, 0.15) is 32.3 Å². The number of nitrogens with one attached hydrogen (secondary N) is 1. The molecule has 17 heavy (non-hydrogen) atoms. The van der Waals surface area contributed by atoms with Crippen LogP contribution >= 0.6 is 0 Å². The molecule has 0 saturated heterocycles. The summed E-state index contributed by atoms with van der Waals surface area (Å²) in [6.45, 7) is 7.23. The van der Waals surface area contributed by atoms with Gasteiger partial charge in [-0.1, -0.05) is 19.9 Å². The maximum atomic E-state index is 9.51. The minimum atomic E-state index is -0.0455. The quantitative estimate of drug-likeness (QED) is 0.666. The molecule has 0 aliphatic heterocycles. The zero-order valence-corrected chi connectivity index (χ0v) is 11.1. The van der Waals surface area contributed by atoms with Crippen LogP contribution in [0.25, 0.3) is 0 Å². The van der Waals surface area contributed by atoms with Gasteiger partial charge >= 0.3 is 0 Å². The highest BCUT2D eigenvalue weighted by molar-refractivity contribution is 5.66. The van der Waals surface area contributed by atoms with Crippen molar-refractivity contribution in [3.63, 3.8) is 0 Å². The molecule has 0 radical (unpaired) electrons. The van der Waals surface area contributed by atoms with Gasteiger partial charge in [-0.25, -0.2) is 0 Å². The molecule has 0 saturated carbocycles. The van der Waals surface area contributed by atoms with Crippen LogP contribution in [0.4, 0.5) is 11.4 Å². The highest BCUT2D eigenvalue weighted by Crippen LogP contribution is 2.28. The number of benzene rings is 1. The maximum absolute atomic E-state index is 9.51. The fourth-order valence-electron chi connectivity index (χ4n) is 1.89. The van der Waals surface area contributed by atoms with E-state index >= 15 is 0 Å². The van der Waals surface area contributed by atoms with Crippen LogP contribution in [0.5, 0.6) is 0 Å². The Balaban J connectivity index is 2.75. The molecular formula is C14H24N2O. The molecule has 0 fully saturated rings. The second kappa shape index (κ2) is 5.92. The molecule has 3 nitrogen and oxygen atoms in total. The first-order valence-electron chi connectivity index (χ1n) is 6.27. The molecular weight excluding hydrogens is 212 g/mol. The van der Waals surface area contributed by atoms with Gasteiger partial charge < -0.3 is 16.2 Å². The fourth-order valence-corrected chi connectivity index (χ4v) is 1.89. The number of anilines is 2. The van der Waals surface area contributed by atoms with E-state index in [1.165, 1.54) is 5.56 Å². The Morgan fingerprint density at radius 3 is 2.47 bits per heavy atom. The first-order chi connectivity index (χ1) is 8.06. The standard InChI is InChI=1S/C14H24N2O/c1-4-14(5-2,10-17)9-16-13-8-11(3)6-7-12(13)15/h6-8,16-17H,4-5,9-10,15H2,1-3H3. The Kier molecular flexibility index (Phi) is 4.82. The van der Waals surface area contributed by atoms with Crippen molar-refractivity contribution in [2.75, 3.05) is 24.2 Å². The van der Waals surface area contributed by atoms with Gasteiger partial charge in [-0.15, -0.1) is 0 Å². The summed E-state index contributed by atoms with van der Waals surface area (Å²) < 4.78 is 0. The SMILES string of the molecule is CCC(CC)(CO)CNc1cc(C)ccc1N. The lowest BCUT2D eigenvalue weighted by molar-refractivity contribution is 0.127. The van der Waals surface area contributed by atoms with Gasteiger partial charge in [-0.05, 0) is 37.5 Å². The van der Waals surface area contributed by atoms with E-state index in [0.29, 0.717) is 0 Å². The molecule has 3 heteroatoms. The Labute approximate surface area is 104 Å². The first-order valence-corrected chi connectivity index (χ1v) is 6.27. The Hall–Kier alpha value is -1.22. The summed E-state index contributed by atoms with van der Waals surface area (Å²) >= 11 is 0. The molecule has 0 amide bonds. The topological polar surface area (TPSA) is 58.3 Å². The fraction of sp³-hybridized carbons (Fsp3) is 0.571. The largest absolute Gasteiger partial charge is 0.397 e. The predicted octanol–water partition coefficient (Wildman–Crippen LogP) is 2.79. The van der Waals surface area contributed by atoms with Crippen LogP contribution in [-0.2, 0) is 0 Å². The average molecular weight is 236 g/mol. The third-order valence-corrected chi connectivity index (χ3v) is 3.70. The summed E-state index contributed by atoms with van der Waals surface area (Å²) in [5.41, 5.74) is 8.78. The van der Waals surface area contributed by atoms with Crippen LogP contribution < -0.4 is 11.1 Å². The van der Waals surface area contributed by atoms with Gasteiger partial charge in [0.15, 0.2) is 0 Å². The maximum Gasteiger partial charge on any atom is 0.0576 e. The van der Waals surface area contributed by atoms with E-state index in [1.807, 2.05) is 25.1 Å². The van der Waals surface area contributed by atoms with Gasteiger partial charge in [0.05, 0.1) is 18.0 Å². The number of nitrogens with two attached hydrogens (primary N) is 1. The van der Waals surface area contributed by atoms with Crippen LogP contribution in [0.2, 0.25) is 0 Å². The van der Waals surface area contributed by atoms with Crippen molar-refractivity contribution < 1.29 is 5.11 Å². The smallest absolute Gasteiger partial charge is 0.0576 e. The predicted molar refractivity (Wildman–Crippen MR) is 74.2 cm³/mol. The van der Waals surface area contributed by atoms with E-state index < -0.39 is 0 Å². The summed E-state index contributed by atoms with van der Waals surface area (Å²) in [4.78, 5) is 0. The summed E-state index contributed by atoms with van der Waals surface area (Å²) in [7, 11) is 0. The van der Waals surface area contributed by atoms with E-state index in [0.717, 1.165) is 30.8 Å². The zero-order chi connectivity index (χ0) is 12.9. The number of aliphatic hydroxyl groups is 1. The summed E-state index contributed by atoms with van der Waals surface area (Å²) in [5, 5.41) is 12.9. The van der Waals surface area contributed by atoms with Crippen LogP contribution in [0.15, 0.2) is 18.2 Å². The average Bonchev–Trinajstić information content (AvgIpc) is 2.35. The number of aliphatic hydroxyl groups excluding tert-OH is 1. The van der Waals surface area contributed by atoms with Crippen LogP contribution in [0, 0.1) is 12.3 Å². The molecule has 0 heterocycles. The molecule has 0 aliphatic carbocycles. The minimum absolute atomic E-state index is 0.0455. The van der Waals surface area contributed by atoms with E-state index in [1.54, 1.807) is 0 Å². The number of hydrogen-bond donors (Lipinski definition) is 3. The highest BCUT2D eigenvalue weighted by Gasteiger charge is 2.25. The lowest BCUT2D eigenvalue weighted by atomic mass is 9.83.